The molecule has 0 heterocycles. The molecule has 0 aliphatic rings. The summed E-state index contributed by atoms with van der Waals surface area (Å²) in [6.07, 6.45) is 0. The number of hydrogen-bond donors (Lipinski definition) is 1. The van der Waals surface area contributed by atoms with Gasteiger partial charge in [-0.2, -0.15) is 0 Å². The summed E-state index contributed by atoms with van der Waals surface area (Å²) < 4.78 is 15.2. The number of benzene rings is 2. The van der Waals surface area contributed by atoms with Gasteiger partial charge in [0.1, 0.15) is 12.4 Å². The van der Waals surface area contributed by atoms with Crippen molar-refractivity contribution in [2.45, 2.75) is 6.92 Å². The fourth-order valence-electron chi connectivity index (χ4n) is 1.97. The topological polar surface area (TPSA) is 73.9 Å². The number of hydrogen-bond acceptors (Lipinski definition) is 5. The summed E-state index contributed by atoms with van der Waals surface area (Å²) in [6.45, 7) is 2.43. The summed E-state index contributed by atoms with van der Waals surface area (Å²) in [5.41, 5.74) is 2.11. The summed E-state index contributed by atoms with van der Waals surface area (Å²) in [7, 11) is 1.54. The van der Waals surface area contributed by atoms with Crippen LogP contribution in [0.25, 0.3) is 0 Å². The Hall–Kier alpha value is -2.86. The number of amides is 1. The predicted octanol–water partition coefficient (Wildman–Crippen LogP) is 2.82. The van der Waals surface area contributed by atoms with E-state index in [1.165, 1.54) is 7.11 Å². The van der Waals surface area contributed by atoms with Gasteiger partial charge in [0, 0.05) is 12.8 Å². The van der Waals surface area contributed by atoms with E-state index in [2.05, 4.69) is 5.32 Å². The summed E-state index contributed by atoms with van der Waals surface area (Å²) in [5.74, 6) is -0.0801. The number of esters is 1. The molecule has 0 aliphatic carbocycles. The van der Waals surface area contributed by atoms with Gasteiger partial charge >= 0.3 is 5.97 Å². The molecule has 0 atom stereocenters. The van der Waals surface area contributed by atoms with Crippen LogP contribution in [0.2, 0.25) is 0 Å². The van der Waals surface area contributed by atoms with Gasteiger partial charge in [-0.3, -0.25) is 4.79 Å². The molecule has 0 saturated carbocycles. The Morgan fingerprint density at radius 1 is 0.960 bits per heavy atom. The number of anilines is 1. The van der Waals surface area contributed by atoms with Crippen molar-refractivity contribution in [2.24, 2.45) is 0 Å². The Morgan fingerprint density at radius 3 is 2.28 bits per heavy atom. The van der Waals surface area contributed by atoms with Gasteiger partial charge in [0.15, 0.2) is 6.61 Å². The molecule has 1 amide bonds. The smallest absolute Gasteiger partial charge is 0.338 e. The van der Waals surface area contributed by atoms with E-state index in [4.69, 9.17) is 14.2 Å². The Balaban J connectivity index is 1.80. The van der Waals surface area contributed by atoms with E-state index in [0.717, 1.165) is 5.56 Å². The highest BCUT2D eigenvalue weighted by molar-refractivity contribution is 5.93. The molecule has 0 bridgehead atoms. The lowest BCUT2D eigenvalue weighted by Crippen LogP contribution is -2.20. The van der Waals surface area contributed by atoms with Gasteiger partial charge in [0.2, 0.25) is 0 Å². The van der Waals surface area contributed by atoms with Crippen LogP contribution in [-0.2, 0) is 14.3 Å². The molecular weight excluding hydrogens is 322 g/mol. The second-order valence-electron chi connectivity index (χ2n) is 5.36. The Morgan fingerprint density at radius 2 is 1.64 bits per heavy atom. The van der Waals surface area contributed by atoms with Gasteiger partial charge in [-0.25, -0.2) is 4.79 Å². The third kappa shape index (κ3) is 6.27. The van der Waals surface area contributed by atoms with Crippen LogP contribution in [0.3, 0.4) is 0 Å². The number of methoxy groups -OCH3 is 1. The van der Waals surface area contributed by atoms with E-state index in [1.54, 1.807) is 24.3 Å². The molecule has 6 heteroatoms. The molecule has 1 N–H and O–H groups in total. The molecule has 0 spiro atoms. The SMILES string of the molecule is COCCOC(=O)c1ccc(NC(=O)COc2ccc(C)cc2)cc1. The number of nitrogens with one attached hydrogen (secondary N) is 1. The Kier molecular flexibility index (Phi) is 6.98. The first-order valence-electron chi connectivity index (χ1n) is 7.84. The maximum Gasteiger partial charge on any atom is 0.338 e. The van der Waals surface area contributed by atoms with Gasteiger partial charge in [0.05, 0.1) is 12.2 Å². The standard InChI is InChI=1S/C19H21NO5/c1-14-3-9-17(10-4-14)25-13-18(21)20-16-7-5-15(6-8-16)19(22)24-12-11-23-2/h3-10H,11-13H2,1-2H3,(H,20,21). The molecule has 2 aromatic rings. The Labute approximate surface area is 146 Å². The summed E-state index contributed by atoms with van der Waals surface area (Å²) >= 11 is 0. The van der Waals surface area contributed by atoms with E-state index in [0.29, 0.717) is 23.6 Å². The first kappa shape index (κ1) is 18.5. The van der Waals surface area contributed by atoms with E-state index in [9.17, 15) is 9.59 Å². The van der Waals surface area contributed by atoms with Crippen molar-refractivity contribution in [3.8, 4) is 5.75 Å². The number of aryl methyl sites for hydroxylation is 1. The normalized spacial score (nSPS) is 10.2. The third-order valence-electron chi connectivity index (χ3n) is 3.32. The van der Waals surface area contributed by atoms with Crippen molar-refractivity contribution in [1.29, 1.82) is 0 Å². The van der Waals surface area contributed by atoms with Crippen LogP contribution < -0.4 is 10.1 Å². The zero-order valence-electron chi connectivity index (χ0n) is 14.3. The van der Waals surface area contributed by atoms with Crippen molar-refractivity contribution in [2.75, 3.05) is 32.2 Å². The maximum atomic E-state index is 11.9. The molecule has 2 rings (SSSR count). The minimum absolute atomic E-state index is 0.0934. The molecule has 0 unspecified atom stereocenters. The van der Waals surface area contributed by atoms with Crippen LogP contribution in [0.1, 0.15) is 15.9 Å². The molecule has 0 radical (unpaired) electrons. The summed E-state index contributed by atoms with van der Waals surface area (Å²) in [4.78, 5) is 23.7. The van der Waals surface area contributed by atoms with Crippen molar-refractivity contribution in [3.05, 3.63) is 59.7 Å². The molecule has 6 nitrogen and oxygen atoms in total. The molecule has 132 valence electrons. The number of ether oxygens (including phenoxy) is 3. The van der Waals surface area contributed by atoms with Gasteiger partial charge in [-0.1, -0.05) is 17.7 Å². The van der Waals surface area contributed by atoms with Crippen molar-refractivity contribution < 1.29 is 23.8 Å². The minimum Gasteiger partial charge on any atom is -0.484 e. The minimum atomic E-state index is -0.433. The van der Waals surface area contributed by atoms with Crippen LogP contribution in [0.4, 0.5) is 5.69 Å². The maximum absolute atomic E-state index is 11.9. The molecule has 0 aliphatic heterocycles. The largest absolute Gasteiger partial charge is 0.484 e. The van der Waals surface area contributed by atoms with E-state index in [-0.39, 0.29) is 19.1 Å². The van der Waals surface area contributed by atoms with Crippen LogP contribution in [0, 0.1) is 6.92 Å². The lowest BCUT2D eigenvalue weighted by molar-refractivity contribution is -0.118. The fraction of sp³-hybridized carbons (Fsp3) is 0.263. The number of carbonyl (C=O) groups is 2. The summed E-state index contributed by atoms with van der Waals surface area (Å²) in [6, 6.07) is 13.9. The van der Waals surface area contributed by atoms with E-state index in [1.807, 2.05) is 31.2 Å². The molecule has 0 aromatic heterocycles. The highest BCUT2D eigenvalue weighted by Gasteiger charge is 2.08. The van der Waals surface area contributed by atoms with Crippen LogP contribution in [0.5, 0.6) is 5.75 Å². The van der Waals surface area contributed by atoms with Crippen molar-refractivity contribution >= 4 is 17.6 Å². The van der Waals surface area contributed by atoms with Crippen LogP contribution >= 0.6 is 0 Å². The van der Waals surface area contributed by atoms with Gasteiger partial charge in [-0.05, 0) is 43.3 Å². The van der Waals surface area contributed by atoms with Crippen molar-refractivity contribution in [1.82, 2.24) is 0 Å². The van der Waals surface area contributed by atoms with E-state index >= 15 is 0 Å². The first-order valence-corrected chi connectivity index (χ1v) is 7.84. The summed E-state index contributed by atoms with van der Waals surface area (Å²) in [5, 5.41) is 2.71. The lowest BCUT2D eigenvalue weighted by atomic mass is 10.2. The molecule has 0 saturated heterocycles. The van der Waals surface area contributed by atoms with Gasteiger partial charge in [-0.15, -0.1) is 0 Å². The average molecular weight is 343 g/mol. The van der Waals surface area contributed by atoms with Gasteiger partial charge < -0.3 is 19.5 Å². The molecule has 2 aromatic carbocycles. The third-order valence-corrected chi connectivity index (χ3v) is 3.32. The first-order chi connectivity index (χ1) is 12.1. The predicted molar refractivity (Wildman–Crippen MR) is 93.9 cm³/mol. The second-order valence-corrected chi connectivity index (χ2v) is 5.36. The van der Waals surface area contributed by atoms with Crippen LogP contribution in [-0.4, -0.2) is 38.8 Å². The monoisotopic (exact) mass is 343 g/mol. The average Bonchev–Trinajstić information content (AvgIpc) is 2.62. The van der Waals surface area contributed by atoms with Crippen LogP contribution in [0.15, 0.2) is 48.5 Å². The second kappa shape index (κ2) is 9.44. The van der Waals surface area contributed by atoms with Crippen molar-refractivity contribution in [3.63, 3.8) is 0 Å². The number of rotatable bonds is 8. The zero-order valence-corrected chi connectivity index (χ0v) is 14.3. The number of carbonyl (C=O) groups excluding carboxylic acids is 2. The Bertz CT molecular complexity index is 695. The quantitative estimate of drug-likeness (QED) is 0.589. The lowest BCUT2D eigenvalue weighted by Gasteiger charge is -2.08. The molecule has 25 heavy (non-hydrogen) atoms. The highest BCUT2D eigenvalue weighted by Crippen LogP contribution is 2.13. The zero-order chi connectivity index (χ0) is 18.1. The molecular formula is C19H21NO5. The highest BCUT2D eigenvalue weighted by atomic mass is 16.6. The molecule has 0 fully saturated rings. The fourth-order valence-corrected chi connectivity index (χ4v) is 1.97. The van der Waals surface area contributed by atoms with E-state index < -0.39 is 5.97 Å². The van der Waals surface area contributed by atoms with Gasteiger partial charge in [0.25, 0.3) is 5.91 Å².